The van der Waals surface area contributed by atoms with Crippen molar-refractivity contribution in [1.29, 1.82) is 0 Å². The van der Waals surface area contributed by atoms with Gasteiger partial charge in [-0.05, 0) is 24.6 Å². The van der Waals surface area contributed by atoms with Crippen molar-refractivity contribution >= 4 is 21.6 Å². The first-order chi connectivity index (χ1) is 8.88. The largest absolute Gasteiger partial charge is 0.506 e. The van der Waals surface area contributed by atoms with Crippen LogP contribution in [0.15, 0.2) is 23.1 Å². The Morgan fingerprint density at radius 3 is 2.79 bits per heavy atom. The average molecular weight is 285 g/mol. The van der Waals surface area contributed by atoms with Crippen molar-refractivity contribution in [1.82, 2.24) is 10.0 Å². The minimum Gasteiger partial charge on any atom is -0.506 e. The number of hydrogen-bond donors (Lipinski definition) is 4. The maximum Gasteiger partial charge on any atom is 0.240 e. The van der Waals surface area contributed by atoms with E-state index in [9.17, 15) is 18.3 Å². The standard InChI is InChI=1S/C11H15N3O4S/c12-9-5-8(2-3-10(9)15)19(17,18)13-6-7-1-4-11(16)14-7/h2-3,5,7,13,15H,1,4,6,12H2,(H,14,16). The molecule has 8 heteroatoms. The number of phenols is 1. The number of aromatic hydroxyl groups is 1. The van der Waals surface area contributed by atoms with E-state index >= 15 is 0 Å². The van der Waals surface area contributed by atoms with Crippen LogP contribution in [0.4, 0.5) is 5.69 Å². The molecule has 0 spiro atoms. The lowest BCUT2D eigenvalue weighted by Gasteiger charge is -2.12. The summed E-state index contributed by atoms with van der Waals surface area (Å²) in [4.78, 5) is 11.0. The molecule has 1 fully saturated rings. The lowest BCUT2D eigenvalue weighted by atomic mass is 10.2. The number of carbonyl (C=O) groups is 1. The van der Waals surface area contributed by atoms with Crippen LogP contribution in [-0.2, 0) is 14.8 Å². The lowest BCUT2D eigenvalue weighted by molar-refractivity contribution is -0.119. The smallest absolute Gasteiger partial charge is 0.240 e. The number of hydrogen-bond acceptors (Lipinski definition) is 5. The quantitative estimate of drug-likeness (QED) is 0.440. The van der Waals surface area contributed by atoms with Gasteiger partial charge in [0.25, 0.3) is 0 Å². The maximum atomic E-state index is 12.0. The van der Waals surface area contributed by atoms with Gasteiger partial charge in [0.05, 0.1) is 10.6 Å². The van der Waals surface area contributed by atoms with Crippen LogP contribution in [0.5, 0.6) is 5.75 Å². The summed E-state index contributed by atoms with van der Waals surface area (Å²) in [6.07, 6.45) is 1.03. The Morgan fingerprint density at radius 2 is 2.21 bits per heavy atom. The van der Waals surface area contributed by atoms with Gasteiger partial charge in [-0.1, -0.05) is 0 Å². The van der Waals surface area contributed by atoms with E-state index in [2.05, 4.69) is 10.0 Å². The first-order valence-corrected chi connectivity index (χ1v) is 7.24. The number of phenolic OH excluding ortho intramolecular Hbond substituents is 1. The average Bonchev–Trinajstić information content (AvgIpc) is 2.76. The van der Waals surface area contributed by atoms with E-state index < -0.39 is 10.0 Å². The fraction of sp³-hybridized carbons (Fsp3) is 0.364. The van der Waals surface area contributed by atoms with Crippen LogP contribution in [0.1, 0.15) is 12.8 Å². The van der Waals surface area contributed by atoms with Crippen LogP contribution in [0, 0.1) is 0 Å². The van der Waals surface area contributed by atoms with E-state index in [1.807, 2.05) is 0 Å². The van der Waals surface area contributed by atoms with Gasteiger partial charge >= 0.3 is 0 Å². The molecule has 1 aliphatic rings. The summed E-state index contributed by atoms with van der Waals surface area (Å²) in [5.74, 6) is -0.236. The Labute approximate surface area is 110 Å². The Morgan fingerprint density at radius 1 is 1.47 bits per heavy atom. The fourth-order valence-electron chi connectivity index (χ4n) is 1.82. The van der Waals surface area contributed by atoms with E-state index in [1.165, 1.54) is 18.2 Å². The van der Waals surface area contributed by atoms with Crippen molar-refractivity contribution < 1.29 is 18.3 Å². The first-order valence-electron chi connectivity index (χ1n) is 5.76. The Hall–Kier alpha value is -1.80. The molecular weight excluding hydrogens is 270 g/mol. The summed E-state index contributed by atoms with van der Waals surface area (Å²) < 4.78 is 26.4. The molecule has 0 radical (unpaired) electrons. The van der Waals surface area contributed by atoms with E-state index in [1.54, 1.807) is 0 Å². The van der Waals surface area contributed by atoms with Gasteiger partial charge in [0, 0.05) is 19.0 Å². The summed E-state index contributed by atoms with van der Waals surface area (Å²) in [6.45, 7) is 0.134. The molecule has 0 saturated carbocycles. The molecule has 1 amide bonds. The van der Waals surface area contributed by atoms with Crippen molar-refractivity contribution in [2.24, 2.45) is 0 Å². The number of nitrogens with one attached hydrogen (secondary N) is 2. The predicted octanol–water partition coefficient (Wildman–Crippen LogP) is -0.469. The van der Waals surface area contributed by atoms with E-state index in [0.29, 0.717) is 12.8 Å². The highest BCUT2D eigenvalue weighted by Crippen LogP contribution is 2.23. The molecule has 2 rings (SSSR count). The van der Waals surface area contributed by atoms with Crippen molar-refractivity contribution in [3.8, 4) is 5.75 Å². The van der Waals surface area contributed by atoms with Gasteiger partial charge in [-0.25, -0.2) is 13.1 Å². The molecule has 1 atom stereocenters. The normalized spacial score (nSPS) is 19.4. The SMILES string of the molecule is Nc1cc(S(=O)(=O)NCC2CCC(=O)N2)ccc1O. The molecule has 1 heterocycles. The third-order valence-electron chi connectivity index (χ3n) is 2.91. The van der Waals surface area contributed by atoms with Gasteiger partial charge in [0.1, 0.15) is 5.75 Å². The summed E-state index contributed by atoms with van der Waals surface area (Å²) in [5, 5.41) is 11.9. The van der Waals surface area contributed by atoms with Gasteiger partial charge in [-0.15, -0.1) is 0 Å². The number of rotatable bonds is 4. The van der Waals surface area contributed by atoms with Gasteiger partial charge in [-0.3, -0.25) is 4.79 Å². The van der Waals surface area contributed by atoms with Crippen LogP contribution in [0.25, 0.3) is 0 Å². The molecule has 0 aromatic heterocycles. The van der Waals surface area contributed by atoms with E-state index in [-0.39, 0.29) is 34.8 Å². The molecule has 1 aromatic rings. The topological polar surface area (TPSA) is 122 Å². The molecule has 5 N–H and O–H groups in total. The highest BCUT2D eigenvalue weighted by molar-refractivity contribution is 7.89. The van der Waals surface area contributed by atoms with Crippen LogP contribution in [-0.4, -0.2) is 32.0 Å². The van der Waals surface area contributed by atoms with Gasteiger partial charge in [0.2, 0.25) is 15.9 Å². The zero-order valence-electron chi connectivity index (χ0n) is 10.1. The minimum absolute atomic E-state index is 0.00274. The van der Waals surface area contributed by atoms with Crippen molar-refractivity contribution in [3.63, 3.8) is 0 Å². The summed E-state index contributed by atoms with van der Waals surface area (Å²) in [6, 6.07) is 3.49. The number of amides is 1. The van der Waals surface area contributed by atoms with Gasteiger partial charge in [-0.2, -0.15) is 0 Å². The summed E-state index contributed by atoms with van der Waals surface area (Å²) in [7, 11) is -3.70. The van der Waals surface area contributed by atoms with Crippen molar-refractivity contribution in [2.45, 2.75) is 23.8 Å². The Bertz CT molecular complexity index is 600. The Balaban J connectivity index is 2.05. The van der Waals surface area contributed by atoms with E-state index in [0.717, 1.165) is 0 Å². The third kappa shape index (κ3) is 3.15. The number of nitrogens with two attached hydrogens (primary N) is 1. The summed E-state index contributed by atoms with van der Waals surface area (Å²) in [5.41, 5.74) is 5.45. The fourth-order valence-corrected chi connectivity index (χ4v) is 2.94. The number of carbonyl (C=O) groups excluding carboxylic acids is 1. The molecule has 104 valence electrons. The Kier molecular flexibility index (Phi) is 3.63. The number of nitrogen functional groups attached to an aromatic ring is 1. The molecule has 19 heavy (non-hydrogen) atoms. The molecule has 7 nitrogen and oxygen atoms in total. The predicted molar refractivity (Wildman–Crippen MR) is 68.9 cm³/mol. The summed E-state index contributed by atoms with van der Waals surface area (Å²) >= 11 is 0. The van der Waals surface area contributed by atoms with Crippen LogP contribution in [0.2, 0.25) is 0 Å². The molecule has 0 bridgehead atoms. The highest BCUT2D eigenvalue weighted by atomic mass is 32.2. The molecule has 1 aromatic carbocycles. The monoisotopic (exact) mass is 285 g/mol. The number of sulfonamides is 1. The molecular formula is C11H15N3O4S. The highest BCUT2D eigenvalue weighted by Gasteiger charge is 2.23. The molecule has 1 saturated heterocycles. The molecule has 1 unspecified atom stereocenters. The zero-order valence-corrected chi connectivity index (χ0v) is 10.9. The number of benzene rings is 1. The second-order valence-electron chi connectivity index (χ2n) is 4.38. The van der Waals surface area contributed by atoms with Crippen LogP contribution in [0.3, 0.4) is 0 Å². The zero-order chi connectivity index (χ0) is 14.0. The van der Waals surface area contributed by atoms with Gasteiger partial charge < -0.3 is 16.2 Å². The second kappa shape index (κ2) is 5.06. The molecule has 1 aliphatic heterocycles. The van der Waals surface area contributed by atoms with Crippen molar-refractivity contribution in [3.05, 3.63) is 18.2 Å². The minimum atomic E-state index is -3.70. The maximum absolute atomic E-state index is 12.0. The molecule has 0 aliphatic carbocycles. The number of anilines is 1. The second-order valence-corrected chi connectivity index (χ2v) is 6.14. The van der Waals surface area contributed by atoms with Crippen molar-refractivity contribution in [2.75, 3.05) is 12.3 Å². The lowest BCUT2D eigenvalue weighted by Crippen LogP contribution is -2.38. The first kappa shape index (κ1) is 13.6. The van der Waals surface area contributed by atoms with Crippen LogP contribution < -0.4 is 15.8 Å². The van der Waals surface area contributed by atoms with Crippen LogP contribution >= 0.6 is 0 Å². The third-order valence-corrected chi connectivity index (χ3v) is 4.34. The van der Waals surface area contributed by atoms with E-state index in [4.69, 9.17) is 5.73 Å². The van der Waals surface area contributed by atoms with Gasteiger partial charge in [0.15, 0.2) is 0 Å².